The van der Waals surface area contributed by atoms with Gasteiger partial charge in [0.25, 0.3) is 0 Å². The Labute approximate surface area is 283 Å². The molecule has 1 aromatic carbocycles. The van der Waals surface area contributed by atoms with E-state index in [0.29, 0.717) is 12.1 Å². The van der Waals surface area contributed by atoms with Crippen molar-refractivity contribution in [2.45, 2.75) is 81.2 Å². The van der Waals surface area contributed by atoms with Gasteiger partial charge in [0.2, 0.25) is 0 Å². The van der Waals surface area contributed by atoms with E-state index in [1.807, 2.05) is 6.92 Å². The molecule has 0 amide bonds. The molecule has 241 valence electrons. The molecule has 4 aliphatic heterocycles. The maximum atomic E-state index is 14.3. The average Bonchev–Trinajstić information content (AvgIpc) is 3.61. The van der Waals surface area contributed by atoms with Gasteiger partial charge in [0.05, 0.1) is 35.3 Å². The summed E-state index contributed by atoms with van der Waals surface area (Å²) in [6, 6.07) is 8.51. The molecule has 0 saturated heterocycles. The third-order valence-electron chi connectivity index (χ3n) is 10.3. The first-order valence-electron chi connectivity index (χ1n) is 15.8. The van der Waals surface area contributed by atoms with Crippen LogP contribution in [0.15, 0.2) is 90.9 Å². The fraction of sp³-hybridized carbons (Fsp3) is 0.359. The predicted octanol–water partition coefficient (Wildman–Crippen LogP) is 8.61. The van der Waals surface area contributed by atoms with E-state index >= 15 is 0 Å². The van der Waals surface area contributed by atoms with E-state index in [2.05, 4.69) is 105 Å². The number of carbonyl (C=O) groups excluding carboxylic acids is 1. The van der Waals surface area contributed by atoms with Crippen molar-refractivity contribution >= 4 is 29.5 Å². The number of ether oxygens (including phenoxy) is 1. The zero-order valence-corrected chi connectivity index (χ0v) is 29.4. The van der Waals surface area contributed by atoms with Gasteiger partial charge in [-0.2, -0.15) is 0 Å². The Morgan fingerprint density at radius 3 is 1.98 bits per heavy atom. The van der Waals surface area contributed by atoms with Crippen LogP contribution >= 0.6 is 0 Å². The summed E-state index contributed by atoms with van der Waals surface area (Å²) in [4.78, 5) is 29.7. The molecular formula is C39H42CuN4O2. The van der Waals surface area contributed by atoms with Gasteiger partial charge in [-0.1, -0.05) is 75.9 Å². The molecule has 6 nitrogen and oxygen atoms in total. The van der Waals surface area contributed by atoms with Gasteiger partial charge in [-0.25, -0.2) is 4.99 Å². The smallest absolute Gasteiger partial charge is 0.674 e. The Bertz CT molecular complexity index is 1910. The maximum Gasteiger partial charge on any atom is 2.00 e. The molecule has 0 N–H and O–H groups in total. The molecule has 1 radical (unpaired) electrons. The number of fused-ring (bicyclic) bond motifs is 6. The third-order valence-corrected chi connectivity index (χ3v) is 10.3. The van der Waals surface area contributed by atoms with E-state index in [1.165, 1.54) is 5.56 Å². The molecule has 8 bridgehead atoms. The van der Waals surface area contributed by atoms with E-state index in [4.69, 9.17) is 25.0 Å². The van der Waals surface area contributed by atoms with E-state index < -0.39 is 11.5 Å². The van der Waals surface area contributed by atoms with Gasteiger partial charge in [0, 0.05) is 0 Å². The van der Waals surface area contributed by atoms with Crippen LogP contribution in [0.1, 0.15) is 82.1 Å². The minimum absolute atomic E-state index is 0. The second-order valence-corrected chi connectivity index (χ2v) is 12.8. The summed E-state index contributed by atoms with van der Waals surface area (Å²) < 4.78 is 5.86. The van der Waals surface area contributed by atoms with E-state index in [9.17, 15) is 4.79 Å². The molecule has 0 unspecified atom stereocenters. The van der Waals surface area contributed by atoms with Gasteiger partial charge in [-0.05, 0) is 104 Å². The van der Waals surface area contributed by atoms with Gasteiger partial charge in [-0.15, -0.1) is 17.1 Å². The predicted molar refractivity (Wildman–Crippen MR) is 184 cm³/mol. The molecular weight excluding hydrogens is 620 g/mol. The van der Waals surface area contributed by atoms with Crippen LogP contribution in [-0.2, 0) is 33.0 Å². The van der Waals surface area contributed by atoms with Crippen molar-refractivity contribution in [2.75, 3.05) is 6.61 Å². The summed E-state index contributed by atoms with van der Waals surface area (Å²) in [7, 11) is 0. The van der Waals surface area contributed by atoms with Crippen LogP contribution in [-0.4, -0.2) is 29.5 Å². The number of nitrogens with zero attached hydrogens (tertiary/aromatic N) is 4. The van der Waals surface area contributed by atoms with Gasteiger partial charge in [0.1, 0.15) is 0 Å². The number of hydrogen-bond acceptors (Lipinski definition) is 4. The molecule has 2 atom stereocenters. The first kappa shape index (κ1) is 33.4. The van der Waals surface area contributed by atoms with Crippen molar-refractivity contribution in [3.8, 4) is 0 Å². The largest absolute Gasteiger partial charge is 2.00 e. The monoisotopic (exact) mass is 661 g/mol. The fourth-order valence-corrected chi connectivity index (χ4v) is 6.79. The third kappa shape index (κ3) is 5.34. The summed E-state index contributed by atoms with van der Waals surface area (Å²) in [6.07, 6.45) is 6.76. The first-order valence-corrected chi connectivity index (χ1v) is 15.8. The van der Waals surface area contributed by atoms with Crippen LogP contribution < -0.4 is 4.98 Å². The summed E-state index contributed by atoms with van der Waals surface area (Å²) in [5, 5.41) is 5.54. The number of carbonyl (C=O) groups is 1. The minimum Gasteiger partial charge on any atom is -0.674 e. The summed E-state index contributed by atoms with van der Waals surface area (Å²) in [6.45, 7) is 21.0. The van der Waals surface area contributed by atoms with Gasteiger partial charge >= 0.3 is 23.0 Å². The van der Waals surface area contributed by atoms with Crippen molar-refractivity contribution < 1.29 is 26.6 Å². The minimum atomic E-state index is -0.937. The second kappa shape index (κ2) is 12.4. The molecule has 5 heterocycles. The van der Waals surface area contributed by atoms with Crippen LogP contribution in [0.4, 0.5) is 0 Å². The molecule has 0 fully saturated rings. The number of esters is 1. The Morgan fingerprint density at radius 1 is 0.783 bits per heavy atom. The van der Waals surface area contributed by atoms with Crippen molar-refractivity contribution in [2.24, 2.45) is 15.9 Å². The van der Waals surface area contributed by atoms with E-state index in [1.54, 1.807) is 0 Å². The molecule has 0 saturated carbocycles. The van der Waals surface area contributed by atoms with Crippen LogP contribution in [0.3, 0.4) is 0 Å². The standard InChI is InChI=1S/C39H42N4O2.Cu/c1-11-45-38(44)36-37-26(8)25(7)34(42-37)17-32-22(4)21(3)30(40-32)16-31-23(5)24(6)33(41-31)18-35-27(9)28(10)39(36,43-35)19-29-14-12-20(2)13-15-29;/h12-18,36H,11,19H2,1-10H3;/q-2;+2/t36-,39+;/m0./s1. The van der Waals surface area contributed by atoms with Crippen LogP contribution in [0.25, 0.3) is 17.5 Å². The Hall–Kier alpha value is -3.93. The van der Waals surface area contributed by atoms with Crippen molar-refractivity contribution in [3.05, 3.63) is 120 Å². The molecule has 2 aromatic rings. The first-order chi connectivity index (χ1) is 21.4. The number of aromatic nitrogens is 1. The number of rotatable bonds is 4. The van der Waals surface area contributed by atoms with Gasteiger partial charge < -0.3 is 15.0 Å². The van der Waals surface area contributed by atoms with Gasteiger partial charge in [0.15, 0.2) is 0 Å². The van der Waals surface area contributed by atoms with Crippen LogP contribution in [0, 0.1) is 26.7 Å². The molecule has 0 spiro atoms. The van der Waals surface area contributed by atoms with Crippen molar-refractivity contribution in [1.82, 2.24) is 4.98 Å². The Balaban J connectivity index is 0.00000417. The Kier molecular flexibility index (Phi) is 8.98. The van der Waals surface area contributed by atoms with Crippen molar-refractivity contribution in [1.29, 1.82) is 0 Å². The van der Waals surface area contributed by atoms with Crippen molar-refractivity contribution in [3.63, 3.8) is 0 Å². The topological polar surface area (TPSA) is 79.2 Å². The molecule has 6 rings (SSSR count). The fourth-order valence-electron chi connectivity index (χ4n) is 6.79. The van der Waals surface area contributed by atoms with Gasteiger partial charge in [-0.3, -0.25) is 9.79 Å². The molecule has 0 aliphatic carbocycles. The maximum absolute atomic E-state index is 14.3. The zero-order valence-electron chi connectivity index (χ0n) is 28.4. The van der Waals surface area contributed by atoms with Crippen LogP contribution in [0.5, 0.6) is 0 Å². The summed E-state index contributed by atoms with van der Waals surface area (Å²) >= 11 is 0. The van der Waals surface area contributed by atoms with E-state index in [-0.39, 0.29) is 29.6 Å². The summed E-state index contributed by atoms with van der Waals surface area (Å²) in [5.41, 5.74) is 15.8. The normalized spacial score (nSPS) is 25.6. The molecule has 4 aliphatic rings. The zero-order chi connectivity index (χ0) is 32.4. The molecule has 7 heteroatoms. The number of hydrogen-bond donors (Lipinski definition) is 0. The number of aryl methyl sites for hydroxylation is 1. The summed E-state index contributed by atoms with van der Waals surface area (Å²) in [5.74, 6) is -1.06. The SMILES string of the molecule is CCOC(=O)[C@@H]1C2=N/C(=C\c3[n-]c(c(C)c3C)/C=C3N=C(/C=C4\[N-][C@]1(Cc1ccc(C)cc1)C(C)=C4C)C(C)=C\3C)C(C)=C2C.[Cu+2]. The molecule has 1 aromatic heterocycles. The number of benzene rings is 1. The Morgan fingerprint density at radius 2 is 1.37 bits per heavy atom. The number of allylic oxidation sites excluding steroid dienone is 6. The van der Waals surface area contributed by atoms with Crippen LogP contribution in [0.2, 0.25) is 0 Å². The second-order valence-electron chi connectivity index (χ2n) is 12.8. The van der Waals surface area contributed by atoms with E-state index in [0.717, 1.165) is 84.3 Å². The molecule has 46 heavy (non-hydrogen) atoms. The average molecular weight is 662 g/mol. The number of aliphatic imine (C=N–C) groups is 2. The quantitative estimate of drug-likeness (QED) is 0.243.